The second kappa shape index (κ2) is 9.79. The van der Waals surface area contributed by atoms with Crippen LogP contribution < -0.4 is 14.4 Å². The summed E-state index contributed by atoms with van der Waals surface area (Å²) in [6.45, 7) is 0.144. The molecule has 170 valence electrons. The standard InChI is InChI=1S/C21H24N4O6S/c1-25(2)15-7-8-19(32(29,30)24-14(13-26)11-21(27)28)18(12-15)31-10-9-20-22-16-5-3-4-6-17(16)23-20/h3-8,12-14,24H,9-11H2,1-2H3,(H,22,23)(H,27,28)/t14-/m0/s1. The van der Waals surface area contributed by atoms with Crippen molar-refractivity contribution in [1.82, 2.24) is 14.7 Å². The Morgan fingerprint density at radius 1 is 1.28 bits per heavy atom. The molecule has 11 heteroatoms. The highest BCUT2D eigenvalue weighted by atomic mass is 32.2. The number of para-hydroxylation sites is 2. The van der Waals surface area contributed by atoms with Crippen LogP contribution in [0.2, 0.25) is 0 Å². The van der Waals surface area contributed by atoms with Gasteiger partial charge in [-0.25, -0.2) is 18.1 Å². The number of rotatable bonds is 11. The number of nitrogens with one attached hydrogen (secondary N) is 2. The molecule has 0 spiro atoms. The summed E-state index contributed by atoms with van der Waals surface area (Å²) in [5.41, 5.74) is 2.42. The van der Waals surface area contributed by atoms with Gasteiger partial charge in [-0.2, -0.15) is 0 Å². The molecule has 0 aliphatic rings. The van der Waals surface area contributed by atoms with E-state index in [0.29, 0.717) is 17.9 Å². The van der Waals surface area contributed by atoms with Gasteiger partial charge in [0.25, 0.3) is 0 Å². The minimum Gasteiger partial charge on any atom is -0.492 e. The molecule has 3 aromatic rings. The predicted molar refractivity (Wildman–Crippen MR) is 118 cm³/mol. The van der Waals surface area contributed by atoms with E-state index in [0.717, 1.165) is 11.0 Å². The van der Waals surface area contributed by atoms with E-state index in [1.807, 2.05) is 24.3 Å². The number of carbonyl (C=O) groups is 2. The first-order valence-corrected chi connectivity index (χ1v) is 11.2. The summed E-state index contributed by atoms with van der Waals surface area (Å²) >= 11 is 0. The van der Waals surface area contributed by atoms with E-state index in [1.54, 1.807) is 31.1 Å². The molecule has 3 N–H and O–H groups in total. The number of sulfonamides is 1. The average Bonchev–Trinajstić information content (AvgIpc) is 3.15. The van der Waals surface area contributed by atoms with Crippen LogP contribution in [0.1, 0.15) is 12.2 Å². The van der Waals surface area contributed by atoms with Crippen molar-refractivity contribution in [2.75, 3.05) is 25.6 Å². The maximum Gasteiger partial charge on any atom is 0.305 e. The number of imidazole rings is 1. The number of hydrogen-bond donors (Lipinski definition) is 3. The van der Waals surface area contributed by atoms with Crippen molar-refractivity contribution in [1.29, 1.82) is 0 Å². The molecule has 0 bridgehead atoms. The number of aldehydes is 1. The number of benzene rings is 2. The van der Waals surface area contributed by atoms with E-state index in [9.17, 15) is 18.0 Å². The monoisotopic (exact) mass is 460 g/mol. The van der Waals surface area contributed by atoms with Crippen LogP contribution in [0, 0.1) is 0 Å². The average molecular weight is 461 g/mol. The molecule has 2 aromatic carbocycles. The van der Waals surface area contributed by atoms with Gasteiger partial charge in [0.15, 0.2) is 0 Å². The summed E-state index contributed by atoms with van der Waals surface area (Å²) in [5, 5.41) is 8.88. The van der Waals surface area contributed by atoms with Crippen molar-refractivity contribution in [2.24, 2.45) is 0 Å². The first kappa shape index (κ1) is 23.2. The fraction of sp³-hybridized carbons (Fsp3) is 0.286. The molecule has 32 heavy (non-hydrogen) atoms. The number of anilines is 1. The van der Waals surface area contributed by atoms with Crippen LogP contribution in [0.3, 0.4) is 0 Å². The van der Waals surface area contributed by atoms with Gasteiger partial charge in [-0.05, 0) is 24.3 Å². The van der Waals surface area contributed by atoms with Gasteiger partial charge in [0.1, 0.15) is 22.8 Å². The molecule has 1 heterocycles. The Balaban J connectivity index is 1.82. The molecule has 0 radical (unpaired) electrons. The third-order valence-electron chi connectivity index (χ3n) is 4.63. The molecule has 0 amide bonds. The summed E-state index contributed by atoms with van der Waals surface area (Å²) in [5.74, 6) is -0.519. The molecule has 0 fully saturated rings. The molecule has 0 unspecified atom stereocenters. The molecule has 0 aliphatic heterocycles. The summed E-state index contributed by atoms with van der Waals surface area (Å²) in [4.78, 5) is 31.3. The zero-order valence-corrected chi connectivity index (χ0v) is 18.4. The van der Waals surface area contributed by atoms with Crippen LogP contribution >= 0.6 is 0 Å². The third kappa shape index (κ3) is 5.62. The van der Waals surface area contributed by atoms with Gasteiger partial charge in [0.2, 0.25) is 10.0 Å². The number of carbonyl (C=O) groups excluding carboxylic acids is 1. The zero-order chi connectivity index (χ0) is 23.3. The Labute approximate surface area is 185 Å². The van der Waals surface area contributed by atoms with Crippen molar-refractivity contribution in [3.05, 3.63) is 48.3 Å². The largest absolute Gasteiger partial charge is 0.492 e. The minimum absolute atomic E-state index is 0.0831. The van der Waals surface area contributed by atoms with Gasteiger partial charge in [-0.1, -0.05) is 12.1 Å². The maximum absolute atomic E-state index is 12.9. The van der Waals surface area contributed by atoms with Crippen molar-refractivity contribution >= 4 is 39.0 Å². The Bertz CT molecular complexity index is 1190. The highest BCUT2D eigenvalue weighted by Gasteiger charge is 2.25. The number of aromatic nitrogens is 2. The fourth-order valence-corrected chi connectivity index (χ4v) is 4.35. The number of ether oxygens (including phenoxy) is 1. The third-order valence-corrected chi connectivity index (χ3v) is 6.16. The van der Waals surface area contributed by atoms with Gasteiger partial charge >= 0.3 is 5.97 Å². The minimum atomic E-state index is -4.22. The number of carboxylic acids is 1. The number of hydrogen-bond acceptors (Lipinski definition) is 7. The van der Waals surface area contributed by atoms with E-state index >= 15 is 0 Å². The Hall–Kier alpha value is -3.44. The zero-order valence-electron chi connectivity index (χ0n) is 17.6. The SMILES string of the molecule is CN(C)c1ccc(S(=O)(=O)N[C@H](C=O)CC(=O)O)c(OCCc2nc3ccccc3[nH]2)c1. The Morgan fingerprint density at radius 3 is 2.69 bits per heavy atom. The molecule has 10 nitrogen and oxygen atoms in total. The van der Waals surface area contributed by atoms with E-state index in [4.69, 9.17) is 9.84 Å². The Kier molecular flexibility index (Phi) is 7.11. The molecule has 0 saturated carbocycles. The lowest BCUT2D eigenvalue weighted by atomic mass is 10.2. The predicted octanol–water partition coefficient (Wildman–Crippen LogP) is 1.57. The van der Waals surface area contributed by atoms with Gasteiger partial charge in [-0.15, -0.1) is 0 Å². The van der Waals surface area contributed by atoms with E-state index < -0.39 is 28.5 Å². The summed E-state index contributed by atoms with van der Waals surface area (Å²) in [7, 11) is -0.616. The van der Waals surface area contributed by atoms with Crippen LogP contribution in [0.25, 0.3) is 11.0 Å². The lowest BCUT2D eigenvalue weighted by molar-refractivity contribution is -0.138. The number of nitrogens with zero attached hydrogens (tertiary/aromatic N) is 2. The maximum atomic E-state index is 12.9. The Morgan fingerprint density at radius 2 is 2.03 bits per heavy atom. The lowest BCUT2D eigenvalue weighted by Crippen LogP contribution is -2.37. The van der Waals surface area contributed by atoms with E-state index in [-0.39, 0.29) is 23.5 Å². The molecule has 0 saturated heterocycles. The fourth-order valence-electron chi connectivity index (χ4n) is 3.06. The summed E-state index contributed by atoms with van der Waals surface area (Å²) in [6, 6.07) is 10.7. The van der Waals surface area contributed by atoms with Gasteiger partial charge in [0, 0.05) is 32.3 Å². The first-order valence-electron chi connectivity index (χ1n) is 9.77. The number of H-pyrrole nitrogens is 1. The normalized spacial score (nSPS) is 12.4. The van der Waals surface area contributed by atoms with Crippen LogP contribution in [-0.2, 0) is 26.0 Å². The van der Waals surface area contributed by atoms with E-state index in [1.165, 1.54) is 6.07 Å². The molecule has 3 rings (SSSR count). The molecule has 1 atom stereocenters. The second-order valence-corrected chi connectivity index (χ2v) is 8.97. The quantitative estimate of drug-likeness (QED) is 0.366. The number of aromatic amines is 1. The summed E-state index contributed by atoms with van der Waals surface area (Å²) in [6.07, 6.45) is -0.00746. The highest BCUT2D eigenvalue weighted by molar-refractivity contribution is 7.89. The lowest BCUT2D eigenvalue weighted by Gasteiger charge is -2.18. The van der Waals surface area contributed by atoms with Crippen molar-refractivity contribution in [2.45, 2.75) is 23.8 Å². The van der Waals surface area contributed by atoms with Crippen LogP contribution in [-0.4, -0.2) is 62.5 Å². The van der Waals surface area contributed by atoms with Gasteiger partial charge in [-0.3, -0.25) is 4.79 Å². The number of aliphatic carboxylic acids is 1. The smallest absolute Gasteiger partial charge is 0.305 e. The topological polar surface area (TPSA) is 142 Å². The van der Waals surface area contributed by atoms with Crippen LogP contribution in [0.15, 0.2) is 47.4 Å². The van der Waals surface area contributed by atoms with Crippen molar-refractivity contribution in [3.8, 4) is 5.75 Å². The first-order chi connectivity index (χ1) is 15.2. The highest BCUT2D eigenvalue weighted by Crippen LogP contribution is 2.29. The second-order valence-electron chi connectivity index (χ2n) is 7.29. The number of fused-ring (bicyclic) bond motifs is 1. The van der Waals surface area contributed by atoms with Crippen LogP contribution in [0.5, 0.6) is 5.75 Å². The molecule has 0 aliphatic carbocycles. The number of carboxylic acid groups (broad SMARTS) is 1. The molecular formula is C21H24N4O6S. The van der Waals surface area contributed by atoms with Gasteiger partial charge in [0.05, 0.1) is 30.1 Å². The summed E-state index contributed by atoms with van der Waals surface area (Å²) < 4.78 is 33.6. The van der Waals surface area contributed by atoms with E-state index in [2.05, 4.69) is 14.7 Å². The molecular weight excluding hydrogens is 436 g/mol. The van der Waals surface area contributed by atoms with Crippen LogP contribution in [0.4, 0.5) is 5.69 Å². The van der Waals surface area contributed by atoms with Crippen molar-refractivity contribution < 1.29 is 27.9 Å². The van der Waals surface area contributed by atoms with Crippen molar-refractivity contribution in [3.63, 3.8) is 0 Å². The van der Waals surface area contributed by atoms with Gasteiger partial charge < -0.3 is 24.5 Å². The molecule has 1 aromatic heterocycles.